The van der Waals surface area contributed by atoms with E-state index in [1.165, 1.54) is 15.8 Å². The fraction of sp³-hybridized carbons (Fsp3) is 0.471. The van der Waals surface area contributed by atoms with Crippen molar-refractivity contribution in [3.63, 3.8) is 0 Å². The second kappa shape index (κ2) is 7.03. The van der Waals surface area contributed by atoms with Gasteiger partial charge in [-0.3, -0.25) is 4.79 Å². The third-order valence-electron chi connectivity index (χ3n) is 3.48. The summed E-state index contributed by atoms with van der Waals surface area (Å²) in [5.41, 5.74) is 2.38. The molecule has 1 heterocycles. The summed E-state index contributed by atoms with van der Waals surface area (Å²) >= 11 is 1.67. The molecule has 4 heteroatoms. The lowest BCUT2D eigenvalue weighted by Crippen LogP contribution is -2.33. The van der Waals surface area contributed by atoms with Gasteiger partial charge in [-0.1, -0.05) is 26.0 Å². The lowest BCUT2D eigenvalue weighted by molar-refractivity contribution is -0.120. The van der Waals surface area contributed by atoms with Crippen molar-refractivity contribution in [1.29, 1.82) is 0 Å². The van der Waals surface area contributed by atoms with Gasteiger partial charge in [0.25, 0.3) is 0 Å². The van der Waals surface area contributed by atoms with Gasteiger partial charge in [0, 0.05) is 28.5 Å². The minimum absolute atomic E-state index is 0.0384. The summed E-state index contributed by atoms with van der Waals surface area (Å²) in [5, 5.41) is 4.15. The normalized spacial score (nSPS) is 12.8. The Morgan fingerprint density at radius 3 is 2.81 bits per heavy atom. The highest BCUT2D eigenvalue weighted by Gasteiger charge is 2.22. The smallest absolute Gasteiger partial charge is 0.233 e. The predicted molar refractivity (Wildman–Crippen MR) is 90.8 cm³/mol. The molecule has 0 fully saturated rings. The first kappa shape index (κ1) is 16.0. The maximum Gasteiger partial charge on any atom is 0.233 e. The van der Waals surface area contributed by atoms with Crippen LogP contribution in [0.15, 0.2) is 29.3 Å². The molecule has 3 nitrogen and oxygen atoms in total. The van der Waals surface area contributed by atoms with E-state index in [1.807, 2.05) is 13.1 Å². The number of fused-ring (bicyclic) bond motifs is 1. The average molecular weight is 304 g/mol. The van der Waals surface area contributed by atoms with Crippen molar-refractivity contribution in [2.75, 3.05) is 6.54 Å². The van der Waals surface area contributed by atoms with Crippen LogP contribution < -0.4 is 5.32 Å². The molecule has 1 unspecified atom stereocenters. The first-order valence-corrected chi connectivity index (χ1v) is 8.42. The fourth-order valence-electron chi connectivity index (χ4n) is 2.50. The molecule has 0 bridgehead atoms. The van der Waals surface area contributed by atoms with E-state index in [-0.39, 0.29) is 11.2 Å². The summed E-state index contributed by atoms with van der Waals surface area (Å²) in [4.78, 5) is 16.8. The molecule has 1 amide bonds. The zero-order chi connectivity index (χ0) is 15.4. The highest BCUT2D eigenvalue weighted by molar-refractivity contribution is 8.00. The zero-order valence-corrected chi connectivity index (χ0v) is 14.0. The average Bonchev–Trinajstić information content (AvgIpc) is 2.82. The van der Waals surface area contributed by atoms with Crippen LogP contribution in [0.3, 0.4) is 0 Å². The number of benzene rings is 1. The third kappa shape index (κ3) is 3.82. The topological polar surface area (TPSA) is 44.9 Å². The van der Waals surface area contributed by atoms with Crippen molar-refractivity contribution >= 4 is 28.6 Å². The van der Waals surface area contributed by atoms with Crippen LogP contribution in [0.25, 0.3) is 10.9 Å². The number of aryl methyl sites for hydroxylation is 1. The number of nitrogens with one attached hydrogen (secondary N) is 2. The Morgan fingerprint density at radius 2 is 2.14 bits per heavy atom. The van der Waals surface area contributed by atoms with Gasteiger partial charge in [0.2, 0.25) is 5.91 Å². The van der Waals surface area contributed by atoms with Crippen LogP contribution in [0, 0.1) is 12.8 Å². The SMILES string of the molecule is CCNC(=O)C(CC(C)C)Sc1c[nH]c2cccc(C)c12. The number of aromatic nitrogens is 1. The first-order valence-electron chi connectivity index (χ1n) is 7.54. The van der Waals surface area contributed by atoms with Crippen LogP contribution in [-0.4, -0.2) is 22.7 Å². The van der Waals surface area contributed by atoms with Crippen LogP contribution in [0.4, 0.5) is 0 Å². The summed E-state index contributed by atoms with van der Waals surface area (Å²) in [7, 11) is 0. The van der Waals surface area contributed by atoms with Gasteiger partial charge >= 0.3 is 0 Å². The number of carbonyl (C=O) groups excluding carboxylic acids is 1. The van der Waals surface area contributed by atoms with Gasteiger partial charge in [-0.15, -0.1) is 11.8 Å². The number of hydrogen-bond donors (Lipinski definition) is 2. The molecule has 0 aliphatic carbocycles. The molecule has 21 heavy (non-hydrogen) atoms. The van der Waals surface area contributed by atoms with E-state index in [2.05, 4.69) is 49.3 Å². The second-order valence-corrected chi connectivity index (χ2v) is 7.03. The number of rotatable bonds is 6. The Balaban J connectivity index is 2.27. The number of thioether (sulfide) groups is 1. The van der Waals surface area contributed by atoms with Gasteiger partial charge in [0.05, 0.1) is 5.25 Å². The van der Waals surface area contributed by atoms with Gasteiger partial charge in [0.15, 0.2) is 0 Å². The molecular weight excluding hydrogens is 280 g/mol. The fourth-order valence-corrected chi connectivity index (χ4v) is 4.00. The number of aromatic amines is 1. The molecular formula is C17H24N2OS. The van der Waals surface area contributed by atoms with Crippen LogP contribution in [0.5, 0.6) is 0 Å². The van der Waals surface area contributed by atoms with Crippen LogP contribution in [-0.2, 0) is 4.79 Å². The Morgan fingerprint density at radius 1 is 1.38 bits per heavy atom. The second-order valence-electron chi connectivity index (χ2n) is 5.78. The molecule has 2 aromatic rings. The van der Waals surface area contributed by atoms with E-state index in [0.29, 0.717) is 12.5 Å². The van der Waals surface area contributed by atoms with Gasteiger partial charge in [-0.2, -0.15) is 0 Å². The quantitative estimate of drug-likeness (QED) is 0.789. The molecule has 0 aliphatic heterocycles. The van der Waals surface area contributed by atoms with Crippen molar-refractivity contribution in [3.05, 3.63) is 30.0 Å². The van der Waals surface area contributed by atoms with Crippen molar-refractivity contribution in [1.82, 2.24) is 10.3 Å². The molecule has 1 atom stereocenters. The van der Waals surface area contributed by atoms with E-state index >= 15 is 0 Å². The minimum Gasteiger partial charge on any atom is -0.360 e. The lowest BCUT2D eigenvalue weighted by Gasteiger charge is -2.17. The third-order valence-corrected chi connectivity index (χ3v) is 4.74. The van der Waals surface area contributed by atoms with Crippen molar-refractivity contribution in [3.8, 4) is 0 Å². The van der Waals surface area contributed by atoms with Crippen molar-refractivity contribution in [2.45, 2.75) is 44.3 Å². The Labute approximate surface area is 130 Å². The van der Waals surface area contributed by atoms with Gasteiger partial charge < -0.3 is 10.3 Å². The summed E-state index contributed by atoms with van der Waals surface area (Å²) in [6.07, 6.45) is 2.91. The summed E-state index contributed by atoms with van der Waals surface area (Å²) in [5.74, 6) is 0.635. The molecule has 0 aliphatic rings. The summed E-state index contributed by atoms with van der Waals surface area (Å²) in [6.45, 7) is 9.08. The van der Waals surface area contributed by atoms with Crippen molar-refractivity contribution in [2.24, 2.45) is 5.92 Å². The van der Waals surface area contributed by atoms with E-state index < -0.39 is 0 Å². The number of carbonyl (C=O) groups is 1. The molecule has 114 valence electrons. The van der Waals surface area contributed by atoms with Crippen molar-refractivity contribution < 1.29 is 4.79 Å². The molecule has 0 saturated carbocycles. The molecule has 2 rings (SSSR count). The Kier molecular flexibility index (Phi) is 5.34. The van der Waals surface area contributed by atoms with Crippen LogP contribution in [0.2, 0.25) is 0 Å². The number of amides is 1. The maximum absolute atomic E-state index is 12.3. The van der Waals surface area contributed by atoms with Crippen LogP contribution >= 0.6 is 11.8 Å². The van der Waals surface area contributed by atoms with Gasteiger partial charge in [-0.25, -0.2) is 0 Å². The Bertz CT molecular complexity index is 618. The molecule has 0 saturated heterocycles. The van der Waals surface area contributed by atoms with E-state index in [0.717, 1.165) is 11.9 Å². The van der Waals surface area contributed by atoms with E-state index in [4.69, 9.17) is 0 Å². The standard InChI is InChI=1S/C17H24N2OS/c1-5-18-17(20)14(9-11(2)3)21-15-10-19-13-8-6-7-12(4)16(13)15/h6-8,10-11,14,19H,5,9H2,1-4H3,(H,18,20). The number of H-pyrrole nitrogens is 1. The maximum atomic E-state index is 12.3. The first-order chi connectivity index (χ1) is 10.0. The molecule has 1 aromatic heterocycles. The van der Waals surface area contributed by atoms with E-state index in [1.54, 1.807) is 11.8 Å². The van der Waals surface area contributed by atoms with Gasteiger partial charge in [0.1, 0.15) is 0 Å². The van der Waals surface area contributed by atoms with Crippen LogP contribution in [0.1, 0.15) is 32.8 Å². The highest BCUT2D eigenvalue weighted by atomic mass is 32.2. The number of hydrogen-bond acceptors (Lipinski definition) is 2. The largest absolute Gasteiger partial charge is 0.360 e. The minimum atomic E-state index is -0.0384. The monoisotopic (exact) mass is 304 g/mol. The lowest BCUT2D eigenvalue weighted by atomic mass is 10.1. The zero-order valence-electron chi connectivity index (χ0n) is 13.2. The van der Waals surface area contributed by atoms with E-state index in [9.17, 15) is 4.79 Å². The highest BCUT2D eigenvalue weighted by Crippen LogP contribution is 2.35. The molecule has 2 N–H and O–H groups in total. The summed E-state index contributed by atoms with van der Waals surface area (Å²) < 4.78 is 0. The molecule has 0 radical (unpaired) electrons. The summed E-state index contributed by atoms with van der Waals surface area (Å²) in [6, 6.07) is 6.25. The molecule has 0 spiro atoms. The Hall–Kier alpha value is -1.42. The predicted octanol–water partition coefficient (Wildman–Crippen LogP) is 4.12. The van der Waals surface area contributed by atoms with Gasteiger partial charge in [-0.05, 0) is 37.8 Å². The molecule has 1 aromatic carbocycles.